The number of aromatic nitrogens is 3. The van der Waals surface area contributed by atoms with E-state index < -0.39 is 0 Å². The van der Waals surface area contributed by atoms with Gasteiger partial charge in [-0.3, -0.25) is 9.36 Å². The molecule has 178 valence electrons. The van der Waals surface area contributed by atoms with Gasteiger partial charge in [-0.25, -0.2) is 4.79 Å². The Kier molecular flexibility index (Phi) is 7.84. The molecular formula is C25H28N4O3S2. The maximum Gasteiger partial charge on any atom is 0.341 e. The number of thiophene rings is 1. The molecule has 1 aliphatic rings. The maximum absolute atomic E-state index is 12.9. The summed E-state index contributed by atoms with van der Waals surface area (Å²) >= 11 is 2.80. The Balaban J connectivity index is 1.50. The van der Waals surface area contributed by atoms with Gasteiger partial charge in [-0.05, 0) is 45.1 Å². The number of aryl methyl sites for hydroxylation is 1. The van der Waals surface area contributed by atoms with Crippen LogP contribution in [-0.4, -0.2) is 38.5 Å². The van der Waals surface area contributed by atoms with Gasteiger partial charge in [0.1, 0.15) is 5.00 Å². The average molecular weight is 497 g/mol. The van der Waals surface area contributed by atoms with Crippen molar-refractivity contribution in [1.29, 1.82) is 0 Å². The quantitative estimate of drug-likeness (QED) is 0.244. The number of hydrogen-bond donors (Lipinski definition) is 1. The third-order valence-electron chi connectivity index (χ3n) is 5.36. The van der Waals surface area contributed by atoms with Crippen LogP contribution < -0.4 is 5.32 Å². The van der Waals surface area contributed by atoms with Gasteiger partial charge in [0.25, 0.3) is 0 Å². The summed E-state index contributed by atoms with van der Waals surface area (Å²) in [5.74, 6) is 0.311. The van der Waals surface area contributed by atoms with Gasteiger partial charge in [-0.1, -0.05) is 48.2 Å². The third-order valence-corrected chi connectivity index (χ3v) is 7.54. The Morgan fingerprint density at radius 2 is 2.00 bits per heavy atom. The first-order valence-electron chi connectivity index (χ1n) is 11.4. The van der Waals surface area contributed by atoms with Crippen molar-refractivity contribution in [2.24, 2.45) is 0 Å². The van der Waals surface area contributed by atoms with Crippen molar-refractivity contribution < 1.29 is 14.3 Å². The second kappa shape index (κ2) is 11.0. The van der Waals surface area contributed by atoms with Crippen LogP contribution in [0, 0.1) is 0 Å². The molecule has 2 heterocycles. The van der Waals surface area contributed by atoms with E-state index in [1.165, 1.54) is 28.0 Å². The summed E-state index contributed by atoms with van der Waals surface area (Å²) in [6, 6.07) is 9.80. The summed E-state index contributed by atoms with van der Waals surface area (Å²) in [7, 11) is 0. The summed E-state index contributed by atoms with van der Waals surface area (Å²) in [5.41, 5.74) is 2.50. The number of carbonyl (C=O) groups excluding carboxylic acids is 2. The minimum absolute atomic E-state index is 0.144. The molecule has 0 saturated heterocycles. The molecule has 0 fully saturated rings. The number of benzene rings is 1. The van der Waals surface area contributed by atoms with Gasteiger partial charge in [-0.15, -0.1) is 28.1 Å². The van der Waals surface area contributed by atoms with Crippen LogP contribution in [0.2, 0.25) is 0 Å². The topological polar surface area (TPSA) is 86.1 Å². The molecule has 7 nitrogen and oxygen atoms in total. The molecule has 0 spiro atoms. The van der Waals surface area contributed by atoms with Gasteiger partial charge < -0.3 is 10.1 Å². The van der Waals surface area contributed by atoms with Crippen molar-refractivity contribution in [1.82, 2.24) is 14.8 Å². The maximum atomic E-state index is 12.9. The summed E-state index contributed by atoms with van der Waals surface area (Å²) in [6.07, 6.45) is 5.46. The molecule has 1 N–H and O–H groups in total. The zero-order valence-corrected chi connectivity index (χ0v) is 21.0. The van der Waals surface area contributed by atoms with Gasteiger partial charge in [-0.2, -0.15) is 0 Å². The standard InChI is InChI=1S/C25H28N4O3S2/c1-4-14-29-22(17-10-6-5-7-11-17)27-28-25(29)33-15-20(30)26-23-21(24(31)32-16(2)3)18-12-8-9-13-19(18)34-23/h4-7,10-11,16H,1,8-9,12-15H2,2-3H3,(H,26,30). The molecule has 1 aliphatic carbocycles. The fourth-order valence-electron chi connectivity index (χ4n) is 3.93. The van der Waals surface area contributed by atoms with Crippen LogP contribution in [0.15, 0.2) is 48.1 Å². The number of nitrogens with zero attached hydrogens (tertiary/aromatic N) is 3. The Morgan fingerprint density at radius 1 is 1.24 bits per heavy atom. The van der Waals surface area contributed by atoms with Crippen molar-refractivity contribution >= 4 is 40.0 Å². The normalized spacial score (nSPS) is 12.9. The van der Waals surface area contributed by atoms with Crippen molar-refractivity contribution in [2.45, 2.75) is 57.3 Å². The van der Waals surface area contributed by atoms with Crippen LogP contribution in [0.5, 0.6) is 0 Å². The number of anilines is 1. The molecule has 1 amide bonds. The number of fused-ring (bicyclic) bond motifs is 1. The van der Waals surface area contributed by atoms with Crippen molar-refractivity contribution in [3.63, 3.8) is 0 Å². The molecule has 3 aromatic rings. The number of nitrogens with one attached hydrogen (secondary N) is 1. The zero-order valence-electron chi connectivity index (χ0n) is 19.4. The number of allylic oxidation sites excluding steroid dienone is 1. The van der Waals surface area contributed by atoms with E-state index in [4.69, 9.17) is 4.74 Å². The van der Waals surface area contributed by atoms with Crippen LogP contribution in [0.25, 0.3) is 11.4 Å². The first-order chi connectivity index (χ1) is 16.5. The summed E-state index contributed by atoms with van der Waals surface area (Å²) in [6.45, 7) is 8.02. The summed E-state index contributed by atoms with van der Waals surface area (Å²) in [4.78, 5) is 26.9. The fourth-order valence-corrected chi connectivity index (χ4v) is 5.97. The first-order valence-corrected chi connectivity index (χ1v) is 13.2. The lowest BCUT2D eigenvalue weighted by molar-refractivity contribution is -0.113. The molecule has 1 aromatic carbocycles. The zero-order chi connectivity index (χ0) is 24.1. The lowest BCUT2D eigenvalue weighted by Gasteiger charge is -2.14. The van der Waals surface area contributed by atoms with Gasteiger partial charge in [0.05, 0.1) is 17.4 Å². The molecule has 0 atom stereocenters. The first kappa shape index (κ1) is 24.2. The monoisotopic (exact) mass is 496 g/mol. The molecule has 0 aliphatic heterocycles. The molecule has 34 heavy (non-hydrogen) atoms. The molecule has 2 aromatic heterocycles. The molecule has 0 radical (unpaired) electrons. The molecule has 0 bridgehead atoms. The van der Waals surface area contributed by atoms with E-state index in [-0.39, 0.29) is 23.7 Å². The minimum atomic E-state index is -0.365. The average Bonchev–Trinajstić information content (AvgIpc) is 3.39. The van der Waals surface area contributed by atoms with Crippen LogP contribution in [0.4, 0.5) is 5.00 Å². The number of thioether (sulfide) groups is 1. The van der Waals surface area contributed by atoms with Crippen molar-refractivity contribution in [3.05, 3.63) is 59.0 Å². The van der Waals surface area contributed by atoms with Crippen molar-refractivity contribution in [3.8, 4) is 11.4 Å². The van der Waals surface area contributed by atoms with Gasteiger partial charge in [0.2, 0.25) is 5.91 Å². The third kappa shape index (κ3) is 5.42. The van der Waals surface area contributed by atoms with E-state index in [9.17, 15) is 9.59 Å². The molecule has 0 saturated carbocycles. The Morgan fingerprint density at radius 3 is 2.74 bits per heavy atom. The van der Waals surface area contributed by atoms with Crippen LogP contribution >= 0.6 is 23.1 Å². The van der Waals surface area contributed by atoms with Crippen molar-refractivity contribution in [2.75, 3.05) is 11.1 Å². The largest absolute Gasteiger partial charge is 0.459 e. The highest BCUT2D eigenvalue weighted by atomic mass is 32.2. The smallest absolute Gasteiger partial charge is 0.341 e. The minimum Gasteiger partial charge on any atom is -0.459 e. The molecule has 9 heteroatoms. The second-order valence-electron chi connectivity index (χ2n) is 8.28. The predicted molar refractivity (Wildman–Crippen MR) is 137 cm³/mol. The molecule has 0 unspecified atom stereocenters. The highest BCUT2D eigenvalue weighted by Crippen LogP contribution is 2.39. The van der Waals surface area contributed by atoms with Gasteiger partial charge >= 0.3 is 5.97 Å². The Hall–Kier alpha value is -2.91. The molecular weight excluding hydrogens is 468 g/mol. The number of carbonyl (C=O) groups is 2. The number of esters is 1. The van der Waals surface area contributed by atoms with E-state index in [0.29, 0.717) is 22.3 Å². The van der Waals surface area contributed by atoms with E-state index in [1.54, 1.807) is 6.08 Å². The number of hydrogen-bond acceptors (Lipinski definition) is 7. The summed E-state index contributed by atoms with van der Waals surface area (Å²) < 4.78 is 7.42. The fraction of sp³-hybridized carbons (Fsp3) is 0.360. The predicted octanol–water partition coefficient (Wildman–Crippen LogP) is 5.37. The SMILES string of the molecule is C=CCn1c(SCC(=O)Nc2sc3c(c2C(=O)OC(C)C)CCCC3)nnc1-c1ccccc1. The molecule has 4 rings (SSSR count). The number of amides is 1. The summed E-state index contributed by atoms with van der Waals surface area (Å²) in [5, 5.41) is 12.8. The Labute approximate surface area is 207 Å². The van der Waals surface area contributed by atoms with Crippen LogP contribution in [0.1, 0.15) is 47.5 Å². The highest BCUT2D eigenvalue weighted by Gasteiger charge is 2.28. The lowest BCUT2D eigenvalue weighted by Crippen LogP contribution is -2.19. The van der Waals surface area contributed by atoms with E-state index >= 15 is 0 Å². The number of rotatable bonds is 9. The second-order valence-corrected chi connectivity index (χ2v) is 10.3. The van der Waals surface area contributed by atoms with Gasteiger partial charge in [0, 0.05) is 17.0 Å². The lowest BCUT2D eigenvalue weighted by atomic mass is 9.95. The van der Waals surface area contributed by atoms with E-state index in [1.807, 2.05) is 48.7 Å². The Bertz CT molecular complexity index is 1180. The van der Waals surface area contributed by atoms with E-state index in [2.05, 4.69) is 22.1 Å². The highest BCUT2D eigenvalue weighted by molar-refractivity contribution is 7.99. The van der Waals surface area contributed by atoms with Crippen LogP contribution in [-0.2, 0) is 28.9 Å². The number of ether oxygens (including phenoxy) is 1. The van der Waals surface area contributed by atoms with Crippen LogP contribution in [0.3, 0.4) is 0 Å². The van der Waals surface area contributed by atoms with Gasteiger partial charge in [0.15, 0.2) is 11.0 Å². The van der Waals surface area contributed by atoms with E-state index in [0.717, 1.165) is 42.6 Å².